The third-order valence-corrected chi connectivity index (χ3v) is 7.23. The first kappa shape index (κ1) is 20.4. The van der Waals surface area contributed by atoms with Crippen LogP contribution >= 0.6 is 11.6 Å². The van der Waals surface area contributed by atoms with Crippen LogP contribution in [-0.2, 0) is 6.54 Å². The van der Waals surface area contributed by atoms with Gasteiger partial charge in [0, 0.05) is 28.2 Å². The molecule has 0 saturated heterocycles. The van der Waals surface area contributed by atoms with Crippen LogP contribution in [0.2, 0.25) is 5.02 Å². The number of aromatic nitrogens is 1. The molecule has 0 bridgehead atoms. The highest BCUT2D eigenvalue weighted by molar-refractivity contribution is 6.30. The Kier molecular flexibility index (Phi) is 5.66. The Labute approximate surface area is 187 Å². The lowest BCUT2D eigenvalue weighted by Gasteiger charge is -2.35. The van der Waals surface area contributed by atoms with Crippen LogP contribution in [0.4, 0.5) is 4.39 Å². The summed E-state index contributed by atoms with van der Waals surface area (Å²) < 4.78 is 13.8. The van der Waals surface area contributed by atoms with Gasteiger partial charge < -0.3 is 0 Å². The van der Waals surface area contributed by atoms with Crippen molar-refractivity contribution in [2.24, 2.45) is 11.0 Å². The van der Waals surface area contributed by atoms with Gasteiger partial charge in [-0.2, -0.15) is 5.10 Å². The van der Waals surface area contributed by atoms with E-state index in [0.29, 0.717) is 17.9 Å². The molecule has 5 rings (SSSR count). The van der Waals surface area contributed by atoms with Crippen LogP contribution in [-0.4, -0.2) is 22.2 Å². The Hall–Kier alpha value is -2.46. The molecule has 160 valence electrons. The predicted molar refractivity (Wildman–Crippen MR) is 125 cm³/mol. The van der Waals surface area contributed by atoms with Gasteiger partial charge in [0.05, 0.1) is 18.3 Å². The molecular weight excluding hydrogens is 409 g/mol. The van der Waals surface area contributed by atoms with Gasteiger partial charge in [-0.05, 0) is 98.4 Å². The van der Waals surface area contributed by atoms with Crippen LogP contribution in [0.25, 0.3) is 10.9 Å². The molecule has 0 radical (unpaired) electrons. The van der Waals surface area contributed by atoms with Crippen LogP contribution in [0.3, 0.4) is 0 Å². The van der Waals surface area contributed by atoms with Gasteiger partial charge in [0.1, 0.15) is 5.82 Å². The SMILES string of the molecule is CC(C[C@H]1CC[C@@H](c2ccnc3ccc(F)cc32)CC1)N1Cc2ccc(Cl)cc2C=N1. The fraction of sp³-hybridized carbons (Fsp3) is 0.385. The van der Waals surface area contributed by atoms with Gasteiger partial charge in [0.25, 0.3) is 0 Å². The van der Waals surface area contributed by atoms with Crippen molar-refractivity contribution in [3.8, 4) is 0 Å². The fourth-order valence-electron chi connectivity index (χ4n) is 5.26. The largest absolute Gasteiger partial charge is 0.290 e. The molecule has 2 heterocycles. The topological polar surface area (TPSA) is 28.5 Å². The molecule has 1 fully saturated rings. The first-order valence-corrected chi connectivity index (χ1v) is 11.6. The first-order chi connectivity index (χ1) is 15.1. The van der Waals surface area contributed by atoms with Gasteiger partial charge in [0.15, 0.2) is 0 Å². The number of nitrogens with zero attached hydrogens (tertiary/aromatic N) is 3. The maximum atomic E-state index is 13.8. The zero-order valence-electron chi connectivity index (χ0n) is 17.8. The van der Waals surface area contributed by atoms with Crippen molar-refractivity contribution in [2.75, 3.05) is 0 Å². The second kappa shape index (κ2) is 8.58. The summed E-state index contributed by atoms with van der Waals surface area (Å²) >= 11 is 6.10. The summed E-state index contributed by atoms with van der Waals surface area (Å²) in [6.45, 7) is 3.12. The van der Waals surface area contributed by atoms with Crippen LogP contribution in [0.5, 0.6) is 0 Å². The smallest absolute Gasteiger partial charge is 0.123 e. The molecular formula is C26H27ClFN3. The van der Waals surface area contributed by atoms with Gasteiger partial charge in [0.2, 0.25) is 0 Å². The lowest BCUT2D eigenvalue weighted by atomic mass is 9.76. The Morgan fingerprint density at radius 1 is 1.10 bits per heavy atom. The van der Waals surface area contributed by atoms with Crippen molar-refractivity contribution in [2.45, 2.75) is 57.5 Å². The fourth-order valence-corrected chi connectivity index (χ4v) is 5.44. The van der Waals surface area contributed by atoms with E-state index in [4.69, 9.17) is 11.6 Å². The second-order valence-corrected chi connectivity index (χ2v) is 9.49. The summed E-state index contributed by atoms with van der Waals surface area (Å²) in [5, 5.41) is 8.63. The van der Waals surface area contributed by atoms with Crippen LogP contribution in [0.1, 0.15) is 61.6 Å². The summed E-state index contributed by atoms with van der Waals surface area (Å²) in [6.07, 6.45) is 9.67. The molecule has 1 saturated carbocycles. The van der Waals surface area contributed by atoms with Gasteiger partial charge in [-0.1, -0.05) is 17.7 Å². The standard InChI is InChI=1S/C26H27ClFN3/c1-17(31-16-20-6-7-22(27)13-21(20)15-30-31)12-18-2-4-19(5-3-18)24-10-11-29-26-9-8-23(28)14-25(24)26/h6-11,13-15,17-19H,2-5,12,16H2,1H3/t17?,18-,19+. The van der Waals surface area contributed by atoms with E-state index in [9.17, 15) is 4.39 Å². The monoisotopic (exact) mass is 435 g/mol. The quantitative estimate of drug-likeness (QED) is 0.444. The number of pyridine rings is 1. The maximum Gasteiger partial charge on any atom is 0.123 e. The molecule has 31 heavy (non-hydrogen) atoms. The van der Waals surface area contributed by atoms with Gasteiger partial charge in [-0.15, -0.1) is 0 Å². The van der Waals surface area contributed by atoms with E-state index in [0.717, 1.165) is 47.3 Å². The highest BCUT2D eigenvalue weighted by Gasteiger charge is 2.27. The van der Waals surface area contributed by atoms with E-state index in [-0.39, 0.29) is 5.82 Å². The Morgan fingerprint density at radius 2 is 1.94 bits per heavy atom. The van der Waals surface area contributed by atoms with Crippen molar-refractivity contribution in [1.82, 2.24) is 9.99 Å². The van der Waals surface area contributed by atoms with E-state index in [1.165, 1.54) is 30.0 Å². The number of hydrogen-bond acceptors (Lipinski definition) is 3. The number of fused-ring (bicyclic) bond motifs is 2. The van der Waals surface area contributed by atoms with Crippen LogP contribution in [0.15, 0.2) is 53.8 Å². The van der Waals surface area contributed by atoms with E-state index >= 15 is 0 Å². The molecule has 1 aliphatic heterocycles. The van der Waals surface area contributed by atoms with E-state index in [2.05, 4.69) is 34.2 Å². The third-order valence-electron chi connectivity index (χ3n) is 6.99. The van der Waals surface area contributed by atoms with Crippen molar-refractivity contribution in [3.63, 3.8) is 0 Å². The van der Waals surface area contributed by atoms with E-state index in [1.807, 2.05) is 24.5 Å². The minimum atomic E-state index is -0.185. The minimum absolute atomic E-state index is 0.185. The van der Waals surface area contributed by atoms with Crippen molar-refractivity contribution >= 4 is 28.7 Å². The van der Waals surface area contributed by atoms with Crippen molar-refractivity contribution in [1.29, 1.82) is 0 Å². The summed E-state index contributed by atoms with van der Waals surface area (Å²) in [6, 6.07) is 13.5. The second-order valence-electron chi connectivity index (χ2n) is 9.05. The normalized spacial score (nSPS) is 21.8. The molecule has 0 amide bonds. The van der Waals surface area contributed by atoms with Crippen LogP contribution in [0, 0.1) is 11.7 Å². The Balaban J connectivity index is 1.21. The van der Waals surface area contributed by atoms with Gasteiger partial charge in [-0.25, -0.2) is 4.39 Å². The van der Waals surface area contributed by atoms with Crippen molar-refractivity contribution < 1.29 is 4.39 Å². The molecule has 1 unspecified atom stereocenters. The minimum Gasteiger partial charge on any atom is -0.290 e. The molecule has 2 aromatic carbocycles. The number of hydrogen-bond donors (Lipinski definition) is 0. The summed E-state index contributed by atoms with van der Waals surface area (Å²) in [5.74, 6) is 1.01. The molecule has 3 aromatic rings. The third kappa shape index (κ3) is 4.31. The number of hydrazone groups is 1. The molecule has 1 aliphatic carbocycles. The lowest BCUT2D eigenvalue weighted by Crippen LogP contribution is -2.33. The van der Waals surface area contributed by atoms with Gasteiger partial charge in [-0.3, -0.25) is 9.99 Å². The summed E-state index contributed by atoms with van der Waals surface area (Å²) in [5.41, 5.74) is 4.55. The van der Waals surface area contributed by atoms with Crippen molar-refractivity contribution in [3.05, 3.63) is 76.2 Å². The zero-order chi connectivity index (χ0) is 21.4. The Bertz CT molecular complexity index is 1120. The van der Waals surface area contributed by atoms with Crippen LogP contribution < -0.4 is 0 Å². The highest BCUT2D eigenvalue weighted by atomic mass is 35.5. The van der Waals surface area contributed by atoms with Gasteiger partial charge >= 0.3 is 0 Å². The molecule has 1 atom stereocenters. The predicted octanol–water partition coefficient (Wildman–Crippen LogP) is 6.93. The number of halogens is 2. The summed E-state index contributed by atoms with van der Waals surface area (Å²) in [7, 11) is 0. The molecule has 0 spiro atoms. The number of rotatable bonds is 4. The average Bonchev–Trinajstić information content (AvgIpc) is 2.79. The molecule has 3 nitrogen and oxygen atoms in total. The molecule has 0 N–H and O–H groups in total. The van der Waals surface area contributed by atoms with E-state index in [1.54, 1.807) is 12.1 Å². The maximum absolute atomic E-state index is 13.8. The number of benzene rings is 2. The lowest BCUT2D eigenvalue weighted by molar-refractivity contribution is 0.161. The molecule has 5 heteroatoms. The average molecular weight is 436 g/mol. The molecule has 2 aliphatic rings. The zero-order valence-corrected chi connectivity index (χ0v) is 18.5. The highest BCUT2D eigenvalue weighted by Crippen LogP contribution is 2.40. The van der Waals surface area contributed by atoms with E-state index < -0.39 is 0 Å². The molecule has 1 aromatic heterocycles. The first-order valence-electron chi connectivity index (χ1n) is 11.2. The Morgan fingerprint density at radius 3 is 2.77 bits per heavy atom. The summed E-state index contributed by atoms with van der Waals surface area (Å²) in [4.78, 5) is 4.41.